The van der Waals surface area contributed by atoms with Crippen molar-refractivity contribution >= 4 is 11.5 Å². The Hall–Kier alpha value is -1.69. The average Bonchev–Trinajstić information content (AvgIpc) is 3.10. The van der Waals surface area contributed by atoms with Gasteiger partial charge in [0.15, 0.2) is 0 Å². The van der Waals surface area contributed by atoms with Gasteiger partial charge in [-0.3, -0.25) is 10.1 Å². The van der Waals surface area contributed by atoms with Crippen molar-refractivity contribution < 1.29 is 4.92 Å². The largest absolute Gasteiger partial charge is 0.363 e. The lowest BCUT2D eigenvalue weighted by Crippen LogP contribution is -2.31. The van der Waals surface area contributed by atoms with E-state index in [2.05, 4.69) is 10.3 Å². The summed E-state index contributed by atoms with van der Waals surface area (Å²) in [6.45, 7) is 2.31. The summed E-state index contributed by atoms with van der Waals surface area (Å²) in [7, 11) is 0. The molecule has 1 fully saturated rings. The Balaban J connectivity index is 2.06. The van der Waals surface area contributed by atoms with Crippen molar-refractivity contribution in [1.82, 2.24) is 4.98 Å². The third-order valence-electron chi connectivity index (χ3n) is 2.93. The number of rotatable bonds is 5. The Morgan fingerprint density at radius 1 is 1.71 bits per heavy atom. The van der Waals surface area contributed by atoms with Gasteiger partial charge in [-0.2, -0.15) is 0 Å². The summed E-state index contributed by atoms with van der Waals surface area (Å²) in [5.74, 6) is 0.865. The molecule has 2 rings (SSSR count). The van der Waals surface area contributed by atoms with Gasteiger partial charge in [0.2, 0.25) is 5.82 Å². The fraction of sp³-hybridized carbons (Fsp3) is 0.545. The van der Waals surface area contributed by atoms with Gasteiger partial charge in [-0.15, -0.1) is 0 Å². The van der Waals surface area contributed by atoms with E-state index in [0.717, 1.165) is 18.4 Å². The fourth-order valence-corrected chi connectivity index (χ4v) is 1.73. The predicted octanol–water partition coefficient (Wildman–Crippen LogP) is 1.45. The lowest BCUT2D eigenvalue weighted by molar-refractivity contribution is -0.384. The Morgan fingerprint density at radius 3 is 3.00 bits per heavy atom. The molecular formula is C11H16N4O2. The highest BCUT2D eigenvalue weighted by molar-refractivity contribution is 5.56. The van der Waals surface area contributed by atoms with Crippen LogP contribution in [0.4, 0.5) is 11.5 Å². The summed E-state index contributed by atoms with van der Waals surface area (Å²) in [6.07, 6.45) is 3.93. The van der Waals surface area contributed by atoms with E-state index in [-0.39, 0.29) is 11.7 Å². The maximum Gasteiger partial charge on any atom is 0.311 e. The highest BCUT2D eigenvalue weighted by atomic mass is 16.6. The minimum atomic E-state index is -0.426. The number of nitrogens with zero attached hydrogens (tertiary/aromatic N) is 2. The van der Waals surface area contributed by atoms with Crippen LogP contribution in [0, 0.1) is 23.0 Å². The molecule has 17 heavy (non-hydrogen) atoms. The lowest BCUT2D eigenvalue weighted by Gasteiger charge is -2.12. The van der Waals surface area contributed by atoms with Gasteiger partial charge < -0.3 is 11.1 Å². The van der Waals surface area contributed by atoms with Gasteiger partial charge in [0.1, 0.15) is 0 Å². The molecule has 1 aliphatic carbocycles. The van der Waals surface area contributed by atoms with Crippen molar-refractivity contribution in [2.24, 2.45) is 11.7 Å². The summed E-state index contributed by atoms with van der Waals surface area (Å²) in [4.78, 5) is 14.5. The summed E-state index contributed by atoms with van der Waals surface area (Å²) in [5, 5.41) is 13.8. The number of anilines is 1. The molecule has 1 aromatic rings. The van der Waals surface area contributed by atoms with Gasteiger partial charge in [-0.25, -0.2) is 4.98 Å². The standard InChI is InChI=1S/C11H16N4O2/c1-7-4-10(15(16)17)11(13-5-7)14-6-9(12)8-2-3-8/h4-5,8-9H,2-3,6,12H2,1H3,(H,13,14). The topological polar surface area (TPSA) is 94.1 Å². The number of hydrogen-bond acceptors (Lipinski definition) is 5. The summed E-state index contributed by atoms with van der Waals surface area (Å²) in [6, 6.07) is 1.57. The number of aromatic nitrogens is 1. The molecule has 0 radical (unpaired) electrons. The highest BCUT2D eigenvalue weighted by Crippen LogP contribution is 2.32. The molecule has 1 saturated carbocycles. The maximum atomic E-state index is 10.9. The van der Waals surface area contributed by atoms with Crippen molar-refractivity contribution in [1.29, 1.82) is 0 Å². The molecule has 0 bridgehead atoms. The molecule has 0 spiro atoms. The number of aryl methyl sites for hydroxylation is 1. The Morgan fingerprint density at radius 2 is 2.41 bits per heavy atom. The van der Waals surface area contributed by atoms with Crippen LogP contribution in [-0.4, -0.2) is 22.5 Å². The third kappa shape index (κ3) is 2.91. The van der Waals surface area contributed by atoms with Crippen LogP contribution >= 0.6 is 0 Å². The van der Waals surface area contributed by atoms with Gasteiger partial charge >= 0.3 is 5.69 Å². The molecule has 1 unspecified atom stereocenters. The Labute approximate surface area is 99.4 Å². The number of nitrogens with one attached hydrogen (secondary N) is 1. The molecule has 0 aliphatic heterocycles. The van der Waals surface area contributed by atoms with Crippen molar-refractivity contribution in [3.63, 3.8) is 0 Å². The van der Waals surface area contributed by atoms with Crippen LogP contribution in [0.3, 0.4) is 0 Å². The molecular weight excluding hydrogens is 220 g/mol. The normalized spacial score (nSPS) is 16.6. The van der Waals surface area contributed by atoms with E-state index in [0.29, 0.717) is 18.3 Å². The first-order valence-corrected chi connectivity index (χ1v) is 5.68. The molecule has 92 valence electrons. The minimum absolute atomic E-state index is 0.00740. The number of nitrogens with two attached hydrogens (primary N) is 1. The van der Waals surface area contributed by atoms with Crippen LogP contribution in [0.1, 0.15) is 18.4 Å². The number of nitro groups is 1. The maximum absolute atomic E-state index is 10.9. The van der Waals surface area contributed by atoms with Gasteiger partial charge in [0.25, 0.3) is 0 Å². The number of hydrogen-bond donors (Lipinski definition) is 2. The van der Waals surface area contributed by atoms with Crippen molar-refractivity contribution in [2.75, 3.05) is 11.9 Å². The molecule has 0 saturated heterocycles. The molecule has 0 aromatic carbocycles. The second kappa shape index (κ2) is 4.67. The number of pyridine rings is 1. The van der Waals surface area contributed by atoms with Crippen LogP contribution in [0.15, 0.2) is 12.3 Å². The molecule has 1 heterocycles. The van der Waals surface area contributed by atoms with E-state index in [1.54, 1.807) is 13.1 Å². The molecule has 1 aromatic heterocycles. The van der Waals surface area contributed by atoms with E-state index in [1.165, 1.54) is 6.07 Å². The zero-order valence-electron chi connectivity index (χ0n) is 9.72. The van der Waals surface area contributed by atoms with E-state index in [9.17, 15) is 10.1 Å². The van der Waals surface area contributed by atoms with Crippen LogP contribution in [-0.2, 0) is 0 Å². The molecule has 0 amide bonds. The monoisotopic (exact) mass is 236 g/mol. The first kappa shape index (κ1) is 11.8. The van der Waals surface area contributed by atoms with Gasteiger partial charge in [0, 0.05) is 24.8 Å². The van der Waals surface area contributed by atoms with Crippen molar-refractivity contribution in [3.05, 3.63) is 27.9 Å². The summed E-state index contributed by atoms with van der Waals surface area (Å²) in [5.41, 5.74) is 6.70. The zero-order chi connectivity index (χ0) is 12.4. The van der Waals surface area contributed by atoms with Crippen molar-refractivity contribution in [3.8, 4) is 0 Å². The molecule has 1 aliphatic rings. The Bertz CT molecular complexity index is 431. The molecule has 3 N–H and O–H groups in total. The Kier molecular flexibility index (Phi) is 3.23. The van der Waals surface area contributed by atoms with E-state index < -0.39 is 4.92 Å². The van der Waals surface area contributed by atoms with Crippen LogP contribution < -0.4 is 11.1 Å². The fourth-order valence-electron chi connectivity index (χ4n) is 1.73. The smallest absolute Gasteiger partial charge is 0.311 e. The first-order chi connectivity index (χ1) is 8.08. The summed E-state index contributed by atoms with van der Waals surface area (Å²) >= 11 is 0. The second-order valence-electron chi connectivity index (χ2n) is 4.52. The summed E-state index contributed by atoms with van der Waals surface area (Å²) < 4.78 is 0. The molecule has 1 atom stereocenters. The second-order valence-corrected chi connectivity index (χ2v) is 4.52. The van der Waals surface area contributed by atoms with E-state index in [1.807, 2.05) is 0 Å². The van der Waals surface area contributed by atoms with Gasteiger partial charge in [-0.05, 0) is 31.2 Å². The third-order valence-corrected chi connectivity index (χ3v) is 2.93. The SMILES string of the molecule is Cc1cnc(NCC(N)C2CC2)c([N+](=O)[O-])c1. The van der Waals surface area contributed by atoms with E-state index in [4.69, 9.17) is 5.73 Å². The zero-order valence-corrected chi connectivity index (χ0v) is 9.72. The molecule has 6 heteroatoms. The van der Waals surface area contributed by atoms with Gasteiger partial charge in [0.05, 0.1) is 4.92 Å². The predicted molar refractivity (Wildman–Crippen MR) is 64.8 cm³/mol. The van der Waals surface area contributed by atoms with Gasteiger partial charge in [-0.1, -0.05) is 0 Å². The highest BCUT2D eigenvalue weighted by Gasteiger charge is 2.28. The van der Waals surface area contributed by atoms with Crippen LogP contribution in [0.25, 0.3) is 0 Å². The van der Waals surface area contributed by atoms with Crippen LogP contribution in [0.5, 0.6) is 0 Å². The lowest BCUT2D eigenvalue weighted by atomic mass is 10.2. The first-order valence-electron chi connectivity index (χ1n) is 5.68. The molecule has 6 nitrogen and oxygen atoms in total. The van der Waals surface area contributed by atoms with Crippen LogP contribution in [0.2, 0.25) is 0 Å². The average molecular weight is 236 g/mol. The minimum Gasteiger partial charge on any atom is -0.363 e. The van der Waals surface area contributed by atoms with Crippen molar-refractivity contribution in [2.45, 2.75) is 25.8 Å². The quantitative estimate of drug-likeness (QED) is 0.596. The van der Waals surface area contributed by atoms with E-state index >= 15 is 0 Å².